The van der Waals surface area contributed by atoms with Gasteiger partial charge in [-0.05, 0) is 37.5 Å². The van der Waals surface area contributed by atoms with E-state index in [-0.39, 0.29) is 0 Å². The van der Waals surface area contributed by atoms with Gasteiger partial charge in [0.1, 0.15) is 5.76 Å². The molecular weight excluding hydrogens is 343 g/mol. The largest absolute Gasteiger partial charge is 0.491 e. The summed E-state index contributed by atoms with van der Waals surface area (Å²) < 4.78 is 8.19. The first-order chi connectivity index (χ1) is 11.7. The maximum atomic E-state index is 6.45. The predicted molar refractivity (Wildman–Crippen MR) is 102 cm³/mol. The first kappa shape index (κ1) is 18.9. The van der Waals surface area contributed by atoms with Crippen molar-refractivity contribution >= 4 is 34.7 Å². The lowest BCUT2D eigenvalue weighted by atomic mass is 10.1. The van der Waals surface area contributed by atoms with Crippen molar-refractivity contribution in [2.45, 2.75) is 46.0 Å². The second kappa shape index (κ2) is 9.75. The van der Waals surface area contributed by atoms with Gasteiger partial charge >= 0.3 is 0 Å². The molecule has 0 amide bonds. The van der Waals surface area contributed by atoms with Crippen molar-refractivity contribution in [2.24, 2.45) is 0 Å². The predicted octanol–water partition coefficient (Wildman–Crippen LogP) is 6.52. The summed E-state index contributed by atoms with van der Waals surface area (Å²) in [6.07, 6.45) is 10.7. The molecule has 24 heavy (non-hydrogen) atoms. The van der Waals surface area contributed by atoms with Crippen molar-refractivity contribution in [3.63, 3.8) is 0 Å². The molecule has 1 aromatic carbocycles. The molecule has 0 spiro atoms. The van der Waals surface area contributed by atoms with Gasteiger partial charge in [0.25, 0.3) is 0 Å². The standard InChI is InChI=1S/C19H24Cl2N2O/c1-3-5-7-18(23-11-10-22-14-23)19(24-12-6-4-2)16-9-8-15(20)13-17(16)21/h8-11,13-14H,3-7,12H2,1-2H3/b19-18-. The topological polar surface area (TPSA) is 27.1 Å². The minimum atomic E-state index is 0.600. The second-order valence-corrected chi connectivity index (χ2v) is 6.52. The summed E-state index contributed by atoms with van der Waals surface area (Å²) in [5.41, 5.74) is 1.95. The van der Waals surface area contributed by atoms with Crippen LogP contribution in [0.5, 0.6) is 0 Å². The van der Waals surface area contributed by atoms with Crippen LogP contribution >= 0.6 is 23.2 Å². The van der Waals surface area contributed by atoms with Gasteiger partial charge in [0.05, 0.1) is 23.7 Å². The average molecular weight is 367 g/mol. The monoisotopic (exact) mass is 366 g/mol. The van der Waals surface area contributed by atoms with Crippen LogP contribution in [-0.4, -0.2) is 16.2 Å². The Labute approximate surface area is 154 Å². The number of halogens is 2. The fourth-order valence-corrected chi connectivity index (χ4v) is 2.93. The Balaban J connectivity index is 2.50. The van der Waals surface area contributed by atoms with Gasteiger partial charge in [0, 0.05) is 23.0 Å². The highest BCUT2D eigenvalue weighted by molar-refractivity contribution is 6.35. The molecule has 0 aliphatic carbocycles. The average Bonchev–Trinajstić information content (AvgIpc) is 3.08. The highest BCUT2D eigenvalue weighted by Gasteiger charge is 2.16. The van der Waals surface area contributed by atoms with Gasteiger partial charge in [0.2, 0.25) is 0 Å². The highest BCUT2D eigenvalue weighted by Crippen LogP contribution is 2.33. The third-order valence-corrected chi connectivity index (χ3v) is 4.31. The summed E-state index contributed by atoms with van der Waals surface area (Å²) in [5.74, 6) is 0.816. The first-order valence-electron chi connectivity index (χ1n) is 8.47. The molecule has 2 aromatic rings. The molecule has 0 atom stereocenters. The zero-order valence-corrected chi connectivity index (χ0v) is 15.8. The quantitative estimate of drug-likeness (QED) is 0.372. The van der Waals surface area contributed by atoms with E-state index in [1.807, 2.05) is 22.9 Å². The highest BCUT2D eigenvalue weighted by atomic mass is 35.5. The summed E-state index contributed by atoms with van der Waals surface area (Å²) in [5, 5.41) is 1.22. The van der Waals surface area contributed by atoms with Gasteiger partial charge in [-0.2, -0.15) is 0 Å². The molecule has 0 aliphatic rings. The molecule has 0 saturated carbocycles. The van der Waals surface area contributed by atoms with Gasteiger partial charge < -0.3 is 9.30 Å². The summed E-state index contributed by atoms with van der Waals surface area (Å²) in [6, 6.07) is 5.53. The van der Waals surface area contributed by atoms with E-state index in [1.54, 1.807) is 18.6 Å². The second-order valence-electron chi connectivity index (χ2n) is 5.68. The van der Waals surface area contributed by atoms with Gasteiger partial charge in [0.15, 0.2) is 0 Å². The Kier molecular flexibility index (Phi) is 7.67. The number of hydrogen-bond donors (Lipinski definition) is 0. The van der Waals surface area contributed by atoms with Crippen molar-refractivity contribution in [2.75, 3.05) is 6.61 Å². The van der Waals surface area contributed by atoms with Crippen LogP contribution in [0.2, 0.25) is 10.0 Å². The van der Waals surface area contributed by atoms with E-state index in [0.29, 0.717) is 16.7 Å². The minimum Gasteiger partial charge on any atom is -0.491 e. The van der Waals surface area contributed by atoms with Crippen molar-refractivity contribution in [3.05, 3.63) is 52.5 Å². The third-order valence-electron chi connectivity index (χ3n) is 3.77. The molecule has 0 radical (unpaired) electrons. The fraction of sp³-hybridized carbons (Fsp3) is 0.421. The number of unbranched alkanes of at least 4 members (excludes halogenated alkanes) is 2. The van der Waals surface area contributed by atoms with E-state index in [4.69, 9.17) is 27.9 Å². The number of nitrogens with zero attached hydrogens (tertiary/aromatic N) is 2. The summed E-state index contributed by atoms with van der Waals surface area (Å²) >= 11 is 12.5. The van der Waals surface area contributed by atoms with Crippen LogP contribution in [0.25, 0.3) is 11.5 Å². The summed E-state index contributed by atoms with van der Waals surface area (Å²) in [4.78, 5) is 4.18. The van der Waals surface area contributed by atoms with Crippen LogP contribution in [0, 0.1) is 0 Å². The van der Waals surface area contributed by atoms with Crippen LogP contribution in [-0.2, 0) is 4.74 Å². The lowest BCUT2D eigenvalue weighted by Gasteiger charge is -2.18. The SMILES string of the molecule is CCCCO/C(=C(/CCCC)n1ccnc1)c1ccc(Cl)cc1Cl. The molecule has 0 unspecified atom stereocenters. The molecule has 2 rings (SSSR count). The van der Waals surface area contributed by atoms with Gasteiger partial charge in [-0.3, -0.25) is 0 Å². The van der Waals surface area contributed by atoms with Crippen molar-refractivity contribution in [1.29, 1.82) is 0 Å². The Morgan fingerprint density at radius 3 is 2.58 bits per heavy atom. The molecule has 0 aliphatic heterocycles. The van der Waals surface area contributed by atoms with E-state index in [1.165, 1.54) is 0 Å². The number of imidazole rings is 1. The van der Waals surface area contributed by atoms with E-state index in [2.05, 4.69) is 18.8 Å². The fourth-order valence-electron chi connectivity index (χ4n) is 2.43. The smallest absolute Gasteiger partial charge is 0.147 e. The number of benzene rings is 1. The Bertz CT molecular complexity index is 666. The molecule has 5 heteroatoms. The lowest BCUT2D eigenvalue weighted by molar-refractivity contribution is 0.269. The maximum Gasteiger partial charge on any atom is 0.147 e. The molecule has 0 bridgehead atoms. The molecule has 0 N–H and O–H groups in total. The van der Waals surface area contributed by atoms with E-state index < -0.39 is 0 Å². The van der Waals surface area contributed by atoms with Crippen molar-refractivity contribution in [1.82, 2.24) is 9.55 Å². The zero-order chi connectivity index (χ0) is 17.4. The number of allylic oxidation sites excluding steroid dienone is 1. The number of ether oxygens (including phenoxy) is 1. The molecular formula is C19H24Cl2N2O. The van der Waals surface area contributed by atoms with Gasteiger partial charge in [-0.1, -0.05) is 49.9 Å². The van der Waals surface area contributed by atoms with Crippen LogP contribution in [0.15, 0.2) is 36.9 Å². The molecule has 0 saturated heterocycles. The van der Waals surface area contributed by atoms with Crippen LogP contribution < -0.4 is 0 Å². The number of rotatable bonds is 9. The van der Waals surface area contributed by atoms with Gasteiger partial charge in [-0.25, -0.2) is 4.98 Å². The Hall–Kier alpha value is -1.45. The molecule has 3 nitrogen and oxygen atoms in total. The molecule has 1 heterocycles. The zero-order valence-electron chi connectivity index (χ0n) is 14.3. The van der Waals surface area contributed by atoms with E-state index >= 15 is 0 Å². The van der Waals surface area contributed by atoms with Crippen molar-refractivity contribution in [3.8, 4) is 0 Å². The maximum absolute atomic E-state index is 6.45. The minimum absolute atomic E-state index is 0.600. The van der Waals surface area contributed by atoms with E-state index in [9.17, 15) is 0 Å². The normalized spacial score (nSPS) is 12.2. The van der Waals surface area contributed by atoms with Crippen LogP contribution in [0.4, 0.5) is 0 Å². The number of aromatic nitrogens is 2. The van der Waals surface area contributed by atoms with Gasteiger partial charge in [-0.15, -0.1) is 0 Å². The first-order valence-corrected chi connectivity index (χ1v) is 9.22. The summed E-state index contributed by atoms with van der Waals surface area (Å²) in [7, 11) is 0. The van der Waals surface area contributed by atoms with Crippen molar-refractivity contribution < 1.29 is 4.74 Å². The van der Waals surface area contributed by atoms with Crippen LogP contribution in [0.3, 0.4) is 0 Å². The van der Waals surface area contributed by atoms with E-state index in [0.717, 1.165) is 49.1 Å². The third kappa shape index (κ3) is 5.02. The lowest BCUT2D eigenvalue weighted by Crippen LogP contribution is -2.04. The Morgan fingerprint density at radius 2 is 1.96 bits per heavy atom. The summed E-state index contributed by atoms with van der Waals surface area (Å²) in [6.45, 7) is 4.99. The number of hydrogen-bond acceptors (Lipinski definition) is 2. The molecule has 130 valence electrons. The van der Waals surface area contributed by atoms with Crippen LogP contribution in [0.1, 0.15) is 51.5 Å². The molecule has 1 aromatic heterocycles. The Morgan fingerprint density at radius 1 is 1.17 bits per heavy atom. The molecule has 0 fully saturated rings.